The summed E-state index contributed by atoms with van der Waals surface area (Å²) in [7, 11) is 2.78. The van der Waals surface area contributed by atoms with Gasteiger partial charge in [0.15, 0.2) is 11.5 Å². The smallest absolute Gasteiger partial charge is 0.282 e. The number of benzene rings is 2. The van der Waals surface area contributed by atoms with Gasteiger partial charge >= 0.3 is 0 Å². The molecule has 2 aromatic carbocycles. The highest BCUT2D eigenvalue weighted by atomic mass is 16.6. The van der Waals surface area contributed by atoms with Gasteiger partial charge in [0.05, 0.1) is 48.1 Å². The number of rotatable bonds is 7. The Morgan fingerprint density at radius 2 is 1.58 bits per heavy atom. The first kappa shape index (κ1) is 18.5. The molecular formula is C16H14N4O6. The number of nitrogens with zero attached hydrogens (tertiary/aromatic N) is 4. The standard InChI is InChI=1S/C16H14N4O6/c1-25-15-7-12(14(20(23)24)8-16(15)26-2)10-18-17-9-11-4-3-5-13(6-11)19(21)22/h3-10H,1-2H3/b17-9-,18-10-. The first-order valence-corrected chi connectivity index (χ1v) is 7.17. The molecule has 2 rings (SSSR count). The highest BCUT2D eigenvalue weighted by Gasteiger charge is 2.18. The van der Waals surface area contributed by atoms with Crippen LogP contribution in [0, 0.1) is 20.2 Å². The maximum Gasteiger partial charge on any atom is 0.282 e. The van der Waals surface area contributed by atoms with Crippen LogP contribution in [0.1, 0.15) is 11.1 Å². The molecule has 0 aliphatic heterocycles. The zero-order valence-corrected chi connectivity index (χ0v) is 13.9. The third-order valence-electron chi connectivity index (χ3n) is 3.28. The van der Waals surface area contributed by atoms with Gasteiger partial charge < -0.3 is 9.47 Å². The number of nitro groups is 2. The predicted molar refractivity (Wildman–Crippen MR) is 94.5 cm³/mol. The average Bonchev–Trinajstić information content (AvgIpc) is 2.64. The van der Waals surface area contributed by atoms with Crippen molar-refractivity contribution in [2.75, 3.05) is 14.2 Å². The molecule has 10 heteroatoms. The van der Waals surface area contributed by atoms with Gasteiger partial charge in [-0.2, -0.15) is 10.2 Å². The molecule has 2 aromatic rings. The van der Waals surface area contributed by atoms with Crippen LogP contribution in [0.5, 0.6) is 11.5 Å². The number of ether oxygens (including phenoxy) is 2. The van der Waals surface area contributed by atoms with Crippen LogP contribution in [0.4, 0.5) is 11.4 Å². The molecule has 0 fully saturated rings. The molecule has 0 atom stereocenters. The Morgan fingerprint density at radius 3 is 2.19 bits per heavy atom. The summed E-state index contributed by atoms with van der Waals surface area (Å²) < 4.78 is 10.1. The van der Waals surface area contributed by atoms with E-state index in [9.17, 15) is 20.2 Å². The maximum atomic E-state index is 11.2. The second kappa shape index (κ2) is 8.33. The Balaban J connectivity index is 2.28. The molecule has 0 heterocycles. The highest BCUT2D eigenvalue weighted by molar-refractivity contribution is 5.88. The Kier molecular flexibility index (Phi) is 5.93. The zero-order chi connectivity index (χ0) is 19.1. The summed E-state index contributed by atoms with van der Waals surface area (Å²) in [4.78, 5) is 20.8. The van der Waals surface area contributed by atoms with Crippen molar-refractivity contribution in [2.24, 2.45) is 10.2 Å². The maximum absolute atomic E-state index is 11.2. The molecular weight excluding hydrogens is 344 g/mol. The van der Waals surface area contributed by atoms with Crippen molar-refractivity contribution in [3.8, 4) is 11.5 Å². The van der Waals surface area contributed by atoms with E-state index < -0.39 is 9.85 Å². The lowest BCUT2D eigenvalue weighted by atomic mass is 10.1. The first-order valence-electron chi connectivity index (χ1n) is 7.17. The molecule has 0 aromatic heterocycles. The fourth-order valence-electron chi connectivity index (χ4n) is 2.06. The van der Waals surface area contributed by atoms with Crippen molar-refractivity contribution >= 4 is 23.8 Å². The molecule has 26 heavy (non-hydrogen) atoms. The van der Waals surface area contributed by atoms with E-state index >= 15 is 0 Å². The molecule has 0 saturated heterocycles. The minimum Gasteiger partial charge on any atom is -0.493 e. The fraction of sp³-hybridized carbons (Fsp3) is 0.125. The third-order valence-corrected chi connectivity index (χ3v) is 3.28. The van der Waals surface area contributed by atoms with Crippen LogP contribution in [-0.2, 0) is 0 Å². The van der Waals surface area contributed by atoms with E-state index in [-0.39, 0.29) is 22.7 Å². The lowest BCUT2D eigenvalue weighted by Crippen LogP contribution is -1.98. The topological polar surface area (TPSA) is 129 Å². The molecule has 0 spiro atoms. The van der Waals surface area contributed by atoms with Crippen LogP contribution in [0.2, 0.25) is 0 Å². The number of methoxy groups -OCH3 is 2. The van der Waals surface area contributed by atoms with Crippen molar-refractivity contribution in [3.63, 3.8) is 0 Å². The molecule has 0 bridgehead atoms. The van der Waals surface area contributed by atoms with E-state index in [2.05, 4.69) is 10.2 Å². The molecule has 0 saturated carbocycles. The van der Waals surface area contributed by atoms with Gasteiger partial charge in [-0.25, -0.2) is 0 Å². The monoisotopic (exact) mass is 358 g/mol. The number of hydrogen-bond acceptors (Lipinski definition) is 8. The van der Waals surface area contributed by atoms with E-state index in [4.69, 9.17) is 9.47 Å². The molecule has 0 aliphatic carbocycles. The summed E-state index contributed by atoms with van der Waals surface area (Å²) in [5, 5.41) is 29.4. The minimum atomic E-state index is -0.576. The third kappa shape index (κ3) is 4.38. The lowest BCUT2D eigenvalue weighted by molar-refractivity contribution is -0.385. The van der Waals surface area contributed by atoms with Gasteiger partial charge in [-0.3, -0.25) is 20.2 Å². The van der Waals surface area contributed by atoms with E-state index in [1.54, 1.807) is 6.07 Å². The van der Waals surface area contributed by atoms with E-state index in [0.29, 0.717) is 11.3 Å². The normalized spacial score (nSPS) is 11.0. The number of hydrogen-bond donors (Lipinski definition) is 0. The van der Waals surface area contributed by atoms with Crippen LogP contribution in [0.25, 0.3) is 0 Å². The van der Waals surface area contributed by atoms with Crippen molar-refractivity contribution in [1.29, 1.82) is 0 Å². The summed E-state index contributed by atoms with van der Waals surface area (Å²) in [5.41, 5.74) is 0.340. The molecule has 0 unspecified atom stereocenters. The van der Waals surface area contributed by atoms with Crippen molar-refractivity contribution in [3.05, 3.63) is 67.8 Å². The van der Waals surface area contributed by atoms with Gasteiger partial charge in [0.2, 0.25) is 0 Å². The summed E-state index contributed by atoms with van der Waals surface area (Å²) in [6.45, 7) is 0. The van der Waals surface area contributed by atoms with Gasteiger partial charge in [0, 0.05) is 17.7 Å². The minimum absolute atomic E-state index is 0.0755. The molecule has 0 aliphatic rings. The fourth-order valence-corrected chi connectivity index (χ4v) is 2.06. The van der Waals surface area contributed by atoms with Gasteiger partial charge in [0.25, 0.3) is 11.4 Å². The predicted octanol–water partition coefficient (Wildman–Crippen LogP) is 2.97. The molecule has 0 radical (unpaired) electrons. The molecule has 10 nitrogen and oxygen atoms in total. The van der Waals surface area contributed by atoms with E-state index in [0.717, 1.165) is 0 Å². The average molecular weight is 358 g/mol. The van der Waals surface area contributed by atoms with E-state index in [1.807, 2.05) is 0 Å². The van der Waals surface area contributed by atoms with Crippen LogP contribution >= 0.6 is 0 Å². The van der Waals surface area contributed by atoms with Crippen LogP contribution in [-0.4, -0.2) is 36.5 Å². The summed E-state index contributed by atoms with van der Waals surface area (Å²) >= 11 is 0. The second-order valence-corrected chi connectivity index (χ2v) is 4.86. The van der Waals surface area contributed by atoms with Crippen LogP contribution in [0.3, 0.4) is 0 Å². The number of non-ortho nitro benzene ring substituents is 1. The van der Waals surface area contributed by atoms with Gasteiger partial charge in [-0.15, -0.1) is 0 Å². The summed E-state index contributed by atoms with van der Waals surface area (Å²) in [6.07, 6.45) is 2.49. The molecule has 0 N–H and O–H groups in total. The largest absolute Gasteiger partial charge is 0.493 e. The van der Waals surface area contributed by atoms with Crippen LogP contribution in [0.15, 0.2) is 46.6 Å². The Labute approximate surface area is 147 Å². The Bertz CT molecular complexity index is 894. The molecule has 134 valence electrons. The van der Waals surface area contributed by atoms with Crippen molar-refractivity contribution in [1.82, 2.24) is 0 Å². The second-order valence-electron chi connectivity index (χ2n) is 4.86. The Hall–Kier alpha value is -3.82. The zero-order valence-electron chi connectivity index (χ0n) is 13.9. The van der Waals surface area contributed by atoms with Gasteiger partial charge in [-0.05, 0) is 6.07 Å². The van der Waals surface area contributed by atoms with Gasteiger partial charge in [-0.1, -0.05) is 12.1 Å². The Morgan fingerprint density at radius 1 is 0.923 bits per heavy atom. The quantitative estimate of drug-likeness (QED) is 0.425. The van der Waals surface area contributed by atoms with Crippen molar-refractivity contribution in [2.45, 2.75) is 0 Å². The van der Waals surface area contributed by atoms with Crippen LogP contribution < -0.4 is 9.47 Å². The highest BCUT2D eigenvalue weighted by Crippen LogP contribution is 2.33. The summed E-state index contributed by atoms with van der Waals surface area (Å²) in [5.74, 6) is 0.527. The number of nitro benzene ring substituents is 2. The van der Waals surface area contributed by atoms with E-state index in [1.165, 1.54) is 57.0 Å². The van der Waals surface area contributed by atoms with Gasteiger partial charge in [0.1, 0.15) is 0 Å². The lowest BCUT2D eigenvalue weighted by Gasteiger charge is -2.08. The summed E-state index contributed by atoms with van der Waals surface area (Å²) in [6, 6.07) is 8.45. The molecule has 0 amide bonds. The van der Waals surface area contributed by atoms with Crippen molar-refractivity contribution < 1.29 is 19.3 Å². The first-order chi connectivity index (χ1) is 12.5. The SMILES string of the molecule is COc1cc(/C=N\N=C/c2cccc([N+](=O)[O-])c2)c([N+](=O)[O-])cc1OC.